The molecule has 0 saturated carbocycles. The first-order chi connectivity index (χ1) is 14.5. The fraction of sp³-hybridized carbons (Fsp3) is 0.182. The van der Waals surface area contributed by atoms with E-state index in [0.717, 1.165) is 10.6 Å². The number of anilines is 1. The minimum atomic E-state index is -0.538. The van der Waals surface area contributed by atoms with E-state index in [-0.39, 0.29) is 31.3 Å². The second-order valence-corrected chi connectivity index (χ2v) is 7.21. The van der Waals surface area contributed by atoms with Gasteiger partial charge in [0.25, 0.3) is 0 Å². The van der Waals surface area contributed by atoms with Crippen molar-refractivity contribution in [3.63, 3.8) is 0 Å². The quantitative estimate of drug-likeness (QED) is 0.460. The number of hydrogen-bond donors (Lipinski definition) is 0. The zero-order valence-corrected chi connectivity index (χ0v) is 16.9. The second kappa shape index (κ2) is 8.12. The summed E-state index contributed by atoms with van der Waals surface area (Å²) in [5.41, 5.74) is 2.85. The van der Waals surface area contributed by atoms with Crippen molar-refractivity contribution in [1.29, 1.82) is 0 Å². The Bertz CT molecular complexity index is 1110. The van der Waals surface area contributed by atoms with Crippen LogP contribution in [0, 0.1) is 6.92 Å². The van der Waals surface area contributed by atoms with E-state index in [4.69, 9.17) is 16.3 Å². The molecule has 1 aliphatic rings. The predicted molar refractivity (Wildman–Crippen MR) is 111 cm³/mol. The standard InChI is InChI=1S/C22H18ClN3O4/c1-14-18(21(23)26(24-14)17-5-3-2-4-6-17)13-30-22(29)15-7-9-16(10-8-15)25-19(27)11-12-20(25)28/h2-10H,11-13H2,1H3. The number of nitrogens with zero attached hydrogens (tertiary/aromatic N) is 3. The fourth-order valence-corrected chi connectivity index (χ4v) is 3.59. The van der Waals surface area contributed by atoms with Crippen molar-refractivity contribution < 1.29 is 19.1 Å². The molecule has 2 heterocycles. The number of esters is 1. The molecule has 1 saturated heterocycles. The Morgan fingerprint density at radius 3 is 2.27 bits per heavy atom. The number of amides is 2. The average Bonchev–Trinajstić information content (AvgIpc) is 3.24. The number of halogens is 1. The molecule has 1 aromatic heterocycles. The van der Waals surface area contributed by atoms with Gasteiger partial charge in [-0.1, -0.05) is 29.8 Å². The number of aromatic nitrogens is 2. The van der Waals surface area contributed by atoms with Gasteiger partial charge in [0, 0.05) is 18.4 Å². The summed E-state index contributed by atoms with van der Waals surface area (Å²) in [5, 5.41) is 4.81. The first kappa shape index (κ1) is 19.8. The Morgan fingerprint density at radius 1 is 1.00 bits per heavy atom. The fourth-order valence-electron chi connectivity index (χ4n) is 3.27. The predicted octanol–water partition coefficient (Wildman–Crippen LogP) is 3.84. The van der Waals surface area contributed by atoms with Gasteiger partial charge < -0.3 is 4.74 Å². The van der Waals surface area contributed by atoms with Crippen LogP contribution in [0.4, 0.5) is 5.69 Å². The van der Waals surface area contributed by atoms with E-state index >= 15 is 0 Å². The van der Waals surface area contributed by atoms with E-state index in [1.807, 2.05) is 30.3 Å². The van der Waals surface area contributed by atoms with Gasteiger partial charge in [0.15, 0.2) is 0 Å². The van der Waals surface area contributed by atoms with Crippen LogP contribution in [0.2, 0.25) is 5.15 Å². The lowest BCUT2D eigenvalue weighted by Gasteiger charge is -2.14. The molecule has 0 bridgehead atoms. The Morgan fingerprint density at radius 2 is 1.63 bits per heavy atom. The summed E-state index contributed by atoms with van der Waals surface area (Å²) in [6.45, 7) is 1.77. The summed E-state index contributed by atoms with van der Waals surface area (Å²) < 4.78 is 7.00. The maximum Gasteiger partial charge on any atom is 0.338 e. The number of rotatable bonds is 5. The van der Waals surface area contributed by atoms with Crippen molar-refractivity contribution in [2.45, 2.75) is 26.4 Å². The number of carbonyl (C=O) groups is 3. The van der Waals surface area contributed by atoms with Crippen molar-refractivity contribution >= 4 is 35.1 Å². The number of hydrogen-bond acceptors (Lipinski definition) is 5. The van der Waals surface area contributed by atoms with Gasteiger partial charge >= 0.3 is 5.97 Å². The highest BCUT2D eigenvalue weighted by molar-refractivity contribution is 6.30. The monoisotopic (exact) mass is 423 g/mol. The van der Waals surface area contributed by atoms with Crippen LogP contribution in [0.3, 0.4) is 0 Å². The number of aryl methyl sites for hydroxylation is 1. The summed E-state index contributed by atoms with van der Waals surface area (Å²) in [6, 6.07) is 15.6. The Kier molecular flexibility index (Phi) is 5.37. The third kappa shape index (κ3) is 3.71. The van der Waals surface area contributed by atoms with Crippen LogP contribution in [0.5, 0.6) is 0 Å². The van der Waals surface area contributed by atoms with Gasteiger partial charge in [-0.05, 0) is 43.3 Å². The molecular weight excluding hydrogens is 406 g/mol. The second-order valence-electron chi connectivity index (χ2n) is 6.85. The van der Waals surface area contributed by atoms with Crippen LogP contribution in [-0.4, -0.2) is 27.6 Å². The molecule has 3 aromatic rings. The van der Waals surface area contributed by atoms with Crippen LogP contribution < -0.4 is 4.90 Å². The first-order valence-corrected chi connectivity index (χ1v) is 9.76. The van der Waals surface area contributed by atoms with E-state index in [1.54, 1.807) is 23.7 Å². The van der Waals surface area contributed by atoms with Crippen molar-refractivity contribution in [1.82, 2.24) is 9.78 Å². The lowest BCUT2D eigenvalue weighted by Crippen LogP contribution is -2.28. The molecule has 1 fully saturated rings. The largest absolute Gasteiger partial charge is 0.457 e. The molecule has 0 unspecified atom stereocenters. The third-order valence-corrected chi connectivity index (χ3v) is 5.27. The molecule has 1 aliphatic heterocycles. The highest BCUT2D eigenvalue weighted by Gasteiger charge is 2.30. The van der Waals surface area contributed by atoms with Crippen LogP contribution in [0.25, 0.3) is 5.69 Å². The topological polar surface area (TPSA) is 81.5 Å². The molecule has 0 aliphatic carbocycles. The number of imide groups is 1. The van der Waals surface area contributed by atoms with Gasteiger partial charge in [0.2, 0.25) is 11.8 Å². The Balaban J connectivity index is 1.46. The van der Waals surface area contributed by atoms with E-state index in [9.17, 15) is 14.4 Å². The molecule has 0 spiro atoms. The minimum absolute atomic E-state index is 0.0266. The number of carbonyl (C=O) groups excluding carboxylic acids is 3. The summed E-state index contributed by atoms with van der Waals surface area (Å²) in [7, 11) is 0. The summed E-state index contributed by atoms with van der Waals surface area (Å²) in [5.74, 6) is -1.02. The van der Waals surface area contributed by atoms with E-state index < -0.39 is 5.97 Å². The summed E-state index contributed by atoms with van der Waals surface area (Å²) in [4.78, 5) is 37.2. The maximum atomic E-state index is 12.4. The summed E-state index contributed by atoms with van der Waals surface area (Å²) in [6.07, 6.45) is 0.415. The third-order valence-electron chi connectivity index (χ3n) is 4.88. The molecule has 2 amide bonds. The van der Waals surface area contributed by atoms with Gasteiger partial charge in [0.1, 0.15) is 11.8 Å². The first-order valence-electron chi connectivity index (χ1n) is 9.38. The molecule has 0 radical (unpaired) electrons. The van der Waals surface area contributed by atoms with Crippen LogP contribution in [0.1, 0.15) is 34.5 Å². The highest BCUT2D eigenvalue weighted by atomic mass is 35.5. The molecule has 0 N–H and O–H groups in total. The molecule has 2 aromatic carbocycles. The number of para-hydroxylation sites is 1. The van der Waals surface area contributed by atoms with Gasteiger partial charge in [-0.25, -0.2) is 9.48 Å². The van der Waals surface area contributed by atoms with E-state index in [2.05, 4.69) is 5.10 Å². The van der Waals surface area contributed by atoms with Gasteiger partial charge in [-0.15, -0.1) is 0 Å². The molecule has 7 nitrogen and oxygen atoms in total. The smallest absolute Gasteiger partial charge is 0.338 e. The molecule has 0 atom stereocenters. The van der Waals surface area contributed by atoms with Crippen molar-refractivity contribution in [2.24, 2.45) is 0 Å². The van der Waals surface area contributed by atoms with Crippen molar-refractivity contribution in [2.75, 3.05) is 4.90 Å². The lowest BCUT2D eigenvalue weighted by atomic mass is 10.2. The Labute approximate surface area is 177 Å². The van der Waals surface area contributed by atoms with Gasteiger partial charge in [-0.3, -0.25) is 14.5 Å². The molecule has 4 rings (SSSR count). The normalized spacial score (nSPS) is 13.7. The zero-order chi connectivity index (χ0) is 21.3. The molecular formula is C22H18ClN3O4. The molecule has 152 valence electrons. The van der Waals surface area contributed by atoms with Crippen molar-refractivity contribution in [3.8, 4) is 5.69 Å². The molecule has 30 heavy (non-hydrogen) atoms. The SMILES string of the molecule is Cc1nn(-c2ccccc2)c(Cl)c1COC(=O)c1ccc(N2C(=O)CCC2=O)cc1. The van der Waals surface area contributed by atoms with Gasteiger partial charge in [0.05, 0.1) is 22.6 Å². The van der Waals surface area contributed by atoms with Gasteiger partial charge in [-0.2, -0.15) is 5.10 Å². The van der Waals surface area contributed by atoms with Crippen LogP contribution in [-0.2, 0) is 20.9 Å². The zero-order valence-electron chi connectivity index (χ0n) is 16.2. The van der Waals surface area contributed by atoms with E-state index in [0.29, 0.717) is 27.7 Å². The van der Waals surface area contributed by atoms with Crippen LogP contribution in [0.15, 0.2) is 54.6 Å². The number of benzene rings is 2. The minimum Gasteiger partial charge on any atom is -0.457 e. The van der Waals surface area contributed by atoms with Crippen LogP contribution >= 0.6 is 11.6 Å². The number of ether oxygens (including phenoxy) is 1. The molecule has 8 heteroatoms. The maximum absolute atomic E-state index is 12.4. The average molecular weight is 424 g/mol. The van der Waals surface area contributed by atoms with Crippen molar-refractivity contribution in [3.05, 3.63) is 76.6 Å². The lowest BCUT2D eigenvalue weighted by molar-refractivity contribution is -0.121. The van der Waals surface area contributed by atoms with E-state index in [1.165, 1.54) is 12.1 Å². The highest BCUT2D eigenvalue weighted by Crippen LogP contribution is 2.25. The Hall–Kier alpha value is -3.45. The summed E-state index contributed by atoms with van der Waals surface area (Å²) >= 11 is 6.45.